The van der Waals surface area contributed by atoms with Gasteiger partial charge in [-0.1, -0.05) is 29.3 Å². The Morgan fingerprint density at radius 2 is 2.21 bits per heavy atom. The maximum absolute atomic E-state index is 11.6. The van der Waals surface area contributed by atoms with Crippen molar-refractivity contribution in [1.29, 1.82) is 0 Å². The summed E-state index contributed by atoms with van der Waals surface area (Å²) < 4.78 is 1.54. The molecule has 0 radical (unpaired) electrons. The third kappa shape index (κ3) is 3.56. The molecule has 1 aromatic heterocycles. The maximum atomic E-state index is 11.6. The molecular weight excluding hydrogens is 287 g/mol. The van der Waals surface area contributed by atoms with Gasteiger partial charge in [-0.15, -0.1) is 0 Å². The van der Waals surface area contributed by atoms with Gasteiger partial charge in [0.05, 0.1) is 11.2 Å². The fourth-order valence-electron chi connectivity index (χ4n) is 1.36. The molecule has 0 aliphatic heterocycles. The molecule has 98 valence electrons. The maximum Gasteiger partial charge on any atom is 0.291 e. The minimum Gasteiger partial charge on any atom is -0.275 e. The van der Waals surface area contributed by atoms with E-state index in [4.69, 9.17) is 23.2 Å². The van der Waals surface area contributed by atoms with Gasteiger partial charge in [0.25, 0.3) is 5.91 Å². The van der Waals surface area contributed by atoms with Gasteiger partial charge in [0.1, 0.15) is 0 Å². The summed E-state index contributed by atoms with van der Waals surface area (Å²) in [6, 6.07) is 6.60. The number of nitrogens with zero attached hydrogens (tertiary/aromatic N) is 3. The average Bonchev–Trinajstić information content (AvgIpc) is 2.78. The molecule has 1 amide bonds. The van der Waals surface area contributed by atoms with Gasteiger partial charge in [-0.25, -0.2) is 5.43 Å². The molecule has 0 bridgehead atoms. The van der Waals surface area contributed by atoms with E-state index in [1.807, 2.05) is 0 Å². The minimum absolute atomic E-state index is 0.293. The number of aromatic nitrogens is 2. The molecule has 1 heterocycles. The summed E-state index contributed by atoms with van der Waals surface area (Å²) in [5.41, 5.74) is 3.32. The Morgan fingerprint density at radius 3 is 2.84 bits per heavy atom. The summed E-state index contributed by atoms with van der Waals surface area (Å²) in [7, 11) is 1.73. The van der Waals surface area contributed by atoms with E-state index in [0.29, 0.717) is 21.3 Å². The zero-order chi connectivity index (χ0) is 13.8. The molecule has 1 N–H and O–H groups in total. The predicted molar refractivity (Wildman–Crippen MR) is 74.7 cm³/mol. The first-order valence-electron chi connectivity index (χ1n) is 5.34. The number of rotatable bonds is 3. The lowest BCUT2D eigenvalue weighted by Crippen LogP contribution is -2.18. The number of hydrogen-bond acceptors (Lipinski definition) is 3. The van der Waals surface area contributed by atoms with Gasteiger partial charge in [0.2, 0.25) is 0 Å². The highest BCUT2D eigenvalue weighted by atomic mass is 35.5. The van der Waals surface area contributed by atoms with Gasteiger partial charge in [-0.05, 0) is 18.2 Å². The van der Waals surface area contributed by atoms with Crippen LogP contribution in [-0.4, -0.2) is 21.9 Å². The Kier molecular flexibility index (Phi) is 4.19. The van der Waals surface area contributed by atoms with Crippen LogP contribution >= 0.6 is 23.2 Å². The second-order valence-corrected chi connectivity index (χ2v) is 4.58. The van der Waals surface area contributed by atoms with Crippen molar-refractivity contribution in [2.75, 3.05) is 0 Å². The van der Waals surface area contributed by atoms with Gasteiger partial charge >= 0.3 is 0 Å². The summed E-state index contributed by atoms with van der Waals surface area (Å²) in [6.45, 7) is 0. The molecule has 0 saturated heterocycles. The van der Waals surface area contributed by atoms with Crippen LogP contribution in [0, 0.1) is 0 Å². The molecule has 0 aliphatic carbocycles. The zero-order valence-corrected chi connectivity index (χ0v) is 11.5. The van der Waals surface area contributed by atoms with Crippen molar-refractivity contribution < 1.29 is 4.79 Å². The van der Waals surface area contributed by atoms with Crippen LogP contribution in [0.3, 0.4) is 0 Å². The van der Waals surface area contributed by atoms with Crippen LogP contribution in [0.1, 0.15) is 16.1 Å². The SMILES string of the molecule is Cn1ccc(C(=O)N/N=C\c2ccc(Cl)cc2Cl)n1. The molecule has 2 rings (SSSR count). The highest BCUT2D eigenvalue weighted by Crippen LogP contribution is 2.19. The minimum atomic E-state index is -0.387. The fourth-order valence-corrected chi connectivity index (χ4v) is 1.82. The summed E-state index contributed by atoms with van der Waals surface area (Å²) in [5, 5.41) is 8.77. The number of nitrogens with one attached hydrogen (secondary N) is 1. The number of hydrazone groups is 1. The van der Waals surface area contributed by atoms with E-state index >= 15 is 0 Å². The van der Waals surface area contributed by atoms with Crippen LogP contribution in [0.15, 0.2) is 35.6 Å². The molecule has 0 fully saturated rings. The Morgan fingerprint density at radius 1 is 1.42 bits per heavy atom. The standard InChI is InChI=1S/C12H10Cl2N4O/c1-18-5-4-11(17-18)12(19)16-15-7-8-2-3-9(13)6-10(8)14/h2-7H,1H3,(H,16,19)/b15-7-. The smallest absolute Gasteiger partial charge is 0.275 e. The Hall–Kier alpha value is -1.85. The molecule has 0 atom stereocenters. The topological polar surface area (TPSA) is 59.3 Å². The average molecular weight is 297 g/mol. The molecule has 2 aromatic rings. The summed E-state index contributed by atoms with van der Waals surface area (Å²) >= 11 is 11.7. The van der Waals surface area contributed by atoms with E-state index in [2.05, 4.69) is 15.6 Å². The molecular formula is C12H10Cl2N4O. The third-order valence-electron chi connectivity index (χ3n) is 2.28. The number of carbonyl (C=O) groups is 1. The van der Waals surface area contributed by atoms with Crippen molar-refractivity contribution in [3.05, 3.63) is 51.8 Å². The summed E-state index contributed by atoms with van der Waals surface area (Å²) in [6.07, 6.45) is 3.12. The summed E-state index contributed by atoms with van der Waals surface area (Å²) in [4.78, 5) is 11.6. The lowest BCUT2D eigenvalue weighted by Gasteiger charge is -1.98. The zero-order valence-electron chi connectivity index (χ0n) is 9.97. The highest BCUT2D eigenvalue weighted by Gasteiger charge is 2.06. The summed E-state index contributed by atoms with van der Waals surface area (Å²) in [5.74, 6) is -0.387. The van der Waals surface area contributed by atoms with Crippen molar-refractivity contribution in [3.8, 4) is 0 Å². The van der Waals surface area contributed by atoms with Gasteiger partial charge in [-0.3, -0.25) is 9.48 Å². The Bertz CT molecular complexity index is 636. The fraction of sp³-hybridized carbons (Fsp3) is 0.0833. The molecule has 0 spiro atoms. The van der Waals surface area contributed by atoms with Crippen LogP contribution in [-0.2, 0) is 7.05 Å². The van der Waals surface area contributed by atoms with Crippen molar-refractivity contribution in [2.24, 2.45) is 12.1 Å². The molecule has 7 heteroatoms. The molecule has 0 saturated carbocycles. The largest absolute Gasteiger partial charge is 0.291 e. The number of carbonyl (C=O) groups excluding carboxylic acids is 1. The highest BCUT2D eigenvalue weighted by molar-refractivity contribution is 6.36. The second-order valence-electron chi connectivity index (χ2n) is 3.74. The molecule has 0 aliphatic rings. The normalized spacial score (nSPS) is 10.9. The van der Waals surface area contributed by atoms with Gasteiger partial charge < -0.3 is 0 Å². The van der Waals surface area contributed by atoms with Gasteiger partial charge in [0, 0.05) is 23.8 Å². The van der Waals surface area contributed by atoms with Crippen LogP contribution in [0.4, 0.5) is 0 Å². The van der Waals surface area contributed by atoms with Crippen molar-refractivity contribution in [3.63, 3.8) is 0 Å². The first kappa shape index (κ1) is 13.6. The predicted octanol–water partition coefficient (Wildman–Crippen LogP) is 2.49. The molecule has 19 heavy (non-hydrogen) atoms. The lowest BCUT2D eigenvalue weighted by atomic mass is 10.2. The second kappa shape index (κ2) is 5.86. The van der Waals surface area contributed by atoms with E-state index in [1.54, 1.807) is 37.5 Å². The van der Waals surface area contributed by atoms with Crippen molar-refractivity contribution in [2.45, 2.75) is 0 Å². The first-order chi connectivity index (χ1) is 9.06. The van der Waals surface area contributed by atoms with Crippen molar-refractivity contribution in [1.82, 2.24) is 15.2 Å². The molecule has 0 unspecified atom stereocenters. The number of hydrogen-bond donors (Lipinski definition) is 1. The molecule has 5 nitrogen and oxygen atoms in total. The van der Waals surface area contributed by atoms with E-state index in [9.17, 15) is 4.79 Å². The van der Waals surface area contributed by atoms with E-state index in [0.717, 1.165) is 0 Å². The number of benzene rings is 1. The number of aryl methyl sites for hydroxylation is 1. The Balaban J connectivity index is 2.02. The van der Waals surface area contributed by atoms with Crippen LogP contribution < -0.4 is 5.43 Å². The van der Waals surface area contributed by atoms with Crippen LogP contribution in [0.2, 0.25) is 10.0 Å². The van der Waals surface area contributed by atoms with Crippen LogP contribution in [0.25, 0.3) is 0 Å². The third-order valence-corrected chi connectivity index (χ3v) is 2.84. The van der Waals surface area contributed by atoms with Gasteiger partial charge in [0.15, 0.2) is 5.69 Å². The molecule has 1 aromatic carbocycles. The van der Waals surface area contributed by atoms with E-state index < -0.39 is 0 Å². The van der Waals surface area contributed by atoms with E-state index in [1.165, 1.54) is 10.9 Å². The first-order valence-corrected chi connectivity index (χ1v) is 6.10. The van der Waals surface area contributed by atoms with E-state index in [-0.39, 0.29) is 5.91 Å². The number of amides is 1. The van der Waals surface area contributed by atoms with Crippen molar-refractivity contribution >= 4 is 35.3 Å². The van der Waals surface area contributed by atoms with Gasteiger partial charge in [-0.2, -0.15) is 10.2 Å². The Labute approximate surface area is 119 Å². The number of halogens is 2. The monoisotopic (exact) mass is 296 g/mol. The lowest BCUT2D eigenvalue weighted by molar-refractivity contribution is 0.0949. The quantitative estimate of drug-likeness (QED) is 0.699. The van der Waals surface area contributed by atoms with Crippen LogP contribution in [0.5, 0.6) is 0 Å².